The summed E-state index contributed by atoms with van der Waals surface area (Å²) < 4.78 is 0. The normalized spacial score (nSPS) is 14.2. The monoisotopic (exact) mass is 279 g/mol. The number of halogens is 2. The fraction of sp³-hybridized carbons (Fsp3) is 0.200. The second-order valence-corrected chi connectivity index (χ2v) is 5.16. The summed E-state index contributed by atoms with van der Waals surface area (Å²) in [4.78, 5) is 0. The zero-order valence-corrected chi connectivity index (χ0v) is 11.7. The van der Waals surface area contributed by atoms with E-state index in [9.17, 15) is 0 Å². The van der Waals surface area contributed by atoms with Crippen LogP contribution in [0.5, 0.6) is 0 Å². The van der Waals surface area contributed by atoms with Gasteiger partial charge in [-0.05, 0) is 35.7 Å². The van der Waals surface area contributed by atoms with E-state index in [4.69, 9.17) is 28.9 Å². The molecule has 2 rings (SSSR count). The smallest absolute Gasteiger partial charge is 0.0678 e. The molecule has 1 atom stereocenters. The van der Waals surface area contributed by atoms with Crippen LogP contribution < -0.4 is 5.73 Å². The minimum Gasteiger partial charge on any atom is -0.318 e. The first kappa shape index (κ1) is 13.4. The molecule has 0 amide bonds. The van der Waals surface area contributed by atoms with Crippen LogP contribution in [-0.2, 0) is 5.54 Å². The van der Waals surface area contributed by atoms with Gasteiger partial charge in [0.25, 0.3) is 0 Å². The van der Waals surface area contributed by atoms with Crippen molar-refractivity contribution in [3.05, 3.63) is 69.7 Å². The molecule has 1 unspecified atom stereocenters. The van der Waals surface area contributed by atoms with Crippen LogP contribution in [0.1, 0.15) is 24.5 Å². The van der Waals surface area contributed by atoms with Crippen LogP contribution in [0.4, 0.5) is 0 Å². The average molecular weight is 280 g/mol. The van der Waals surface area contributed by atoms with Crippen LogP contribution in [0.3, 0.4) is 0 Å². The highest BCUT2D eigenvalue weighted by Crippen LogP contribution is 2.36. The lowest BCUT2D eigenvalue weighted by molar-refractivity contribution is 0.519. The standard InChI is InChI=1S/C15H15Cl2N/c1-2-15(18,11-6-4-3-5-7-11)13-10-12(16)8-9-14(13)17/h3-10H,2,18H2,1H3. The lowest BCUT2D eigenvalue weighted by Crippen LogP contribution is -2.37. The molecule has 0 fully saturated rings. The zero-order chi connectivity index (χ0) is 13.2. The Kier molecular flexibility index (Phi) is 3.96. The molecule has 0 saturated heterocycles. The van der Waals surface area contributed by atoms with E-state index in [2.05, 4.69) is 0 Å². The first-order valence-electron chi connectivity index (χ1n) is 5.88. The topological polar surface area (TPSA) is 26.0 Å². The summed E-state index contributed by atoms with van der Waals surface area (Å²) in [6.45, 7) is 2.05. The van der Waals surface area contributed by atoms with E-state index in [1.165, 1.54) is 0 Å². The Balaban J connectivity index is 2.60. The molecule has 0 heterocycles. The minimum absolute atomic E-state index is 0.608. The Hall–Kier alpha value is -1.02. The first-order chi connectivity index (χ1) is 8.58. The summed E-state index contributed by atoms with van der Waals surface area (Å²) in [6.07, 6.45) is 0.747. The Morgan fingerprint density at radius 1 is 1.06 bits per heavy atom. The van der Waals surface area contributed by atoms with Gasteiger partial charge < -0.3 is 5.73 Å². The molecule has 0 aliphatic rings. The van der Waals surface area contributed by atoms with Gasteiger partial charge in [-0.2, -0.15) is 0 Å². The molecule has 0 saturated carbocycles. The van der Waals surface area contributed by atoms with Gasteiger partial charge in [0.05, 0.1) is 5.54 Å². The van der Waals surface area contributed by atoms with Gasteiger partial charge in [-0.15, -0.1) is 0 Å². The molecule has 1 nitrogen and oxygen atoms in total. The molecule has 0 aliphatic carbocycles. The van der Waals surface area contributed by atoms with Crippen molar-refractivity contribution in [3.8, 4) is 0 Å². The summed E-state index contributed by atoms with van der Waals surface area (Å²) in [6, 6.07) is 15.4. The van der Waals surface area contributed by atoms with Crippen LogP contribution >= 0.6 is 23.2 Å². The highest BCUT2D eigenvalue weighted by molar-refractivity contribution is 6.33. The quantitative estimate of drug-likeness (QED) is 0.873. The van der Waals surface area contributed by atoms with Crippen molar-refractivity contribution in [1.29, 1.82) is 0 Å². The van der Waals surface area contributed by atoms with Gasteiger partial charge in [-0.1, -0.05) is 60.5 Å². The Morgan fingerprint density at radius 2 is 1.72 bits per heavy atom. The molecule has 18 heavy (non-hydrogen) atoms. The predicted octanol–water partition coefficient (Wildman–Crippen LogP) is 4.61. The molecule has 0 radical (unpaired) electrons. The zero-order valence-electron chi connectivity index (χ0n) is 10.2. The number of hydrogen-bond acceptors (Lipinski definition) is 1. The average Bonchev–Trinajstić information content (AvgIpc) is 2.41. The van der Waals surface area contributed by atoms with Crippen molar-refractivity contribution in [1.82, 2.24) is 0 Å². The van der Waals surface area contributed by atoms with Gasteiger partial charge in [0.15, 0.2) is 0 Å². The van der Waals surface area contributed by atoms with E-state index < -0.39 is 5.54 Å². The second kappa shape index (κ2) is 5.31. The van der Waals surface area contributed by atoms with Crippen LogP contribution in [0.2, 0.25) is 10.0 Å². The molecule has 2 aromatic rings. The van der Waals surface area contributed by atoms with Gasteiger partial charge in [0, 0.05) is 10.0 Å². The Labute approximate surface area is 118 Å². The SMILES string of the molecule is CCC(N)(c1ccccc1)c1cc(Cl)ccc1Cl. The third-order valence-corrected chi connectivity index (χ3v) is 3.82. The highest BCUT2D eigenvalue weighted by atomic mass is 35.5. The van der Waals surface area contributed by atoms with Gasteiger partial charge in [-0.3, -0.25) is 0 Å². The second-order valence-electron chi connectivity index (χ2n) is 4.32. The van der Waals surface area contributed by atoms with Crippen LogP contribution in [0, 0.1) is 0 Å². The largest absolute Gasteiger partial charge is 0.318 e. The van der Waals surface area contributed by atoms with E-state index >= 15 is 0 Å². The van der Waals surface area contributed by atoms with Crippen LogP contribution in [-0.4, -0.2) is 0 Å². The maximum atomic E-state index is 6.57. The molecule has 0 spiro atoms. The summed E-state index contributed by atoms with van der Waals surface area (Å²) in [5.74, 6) is 0. The number of benzene rings is 2. The van der Waals surface area contributed by atoms with Crippen molar-refractivity contribution in [2.75, 3.05) is 0 Å². The molecule has 2 aromatic carbocycles. The summed E-state index contributed by atoms with van der Waals surface area (Å²) in [5, 5.41) is 1.29. The third-order valence-electron chi connectivity index (χ3n) is 3.26. The number of hydrogen-bond donors (Lipinski definition) is 1. The molecule has 0 bridgehead atoms. The summed E-state index contributed by atoms with van der Waals surface area (Å²) in [5.41, 5.74) is 7.86. The minimum atomic E-state index is -0.608. The van der Waals surface area contributed by atoms with E-state index in [1.807, 2.05) is 43.3 Å². The van der Waals surface area contributed by atoms with Crippen molar-refractivity contribution in [2.45, 2.75) is 18.9 Å². The van der Waals surface area contributed by atoms with Gasteiger partial charge in [-0.25, -0.2) is 0 Å². The van der Waals surface area contributed by atoms with Gasteiger partial charge in [0.2, 0.25) is 0 Å². The van der Waals surface area contributed by atoms with Crippen molar-refractivity contribution in [2.24, 2.45) is 5.73 Å². The van der Waals surface area contributed by atoms with Crippen molar-refractivity contribution in [3.63, 3.8) is 0 Å². The molecule has 3 heteroatoms. The van der Waals surface area contributed by atoms with E-state index in [1.54, 1.807) is 12.1 Å². The molecular weight excluding hydrogens is 265 g/mol. The van der Waals surface area contributed by atoms with Crippen molar-refractivity contribution < 1.29 is 0 Å². The van der Waals surface area contributed by atoms with E-state index in [0.717, 1.165) is 17.5 Å². The van der Waals surface area contributed by atoms with Crippen LogP contribution in [0.15, 0.2) is 48.5 Å². The molecule has 94 valence electrons. The van der Waals surface area contributed by atoms with Gasteiger partial charge >= 0.3 is 0 Å². The maximum Gasteiger partial charge on any atom is 0.0678 e. The van der Waals surface area contributed by atoms with Gasteiger partial charge in [0.1, 0.15) is 0 Å². The number of nitrogens with two attached hydrogens (primary N) is 1. The molecular formula is C15H15Cl2N. The summed E-state index contributed by atoms with van der Waals surface area (Å²) >= 11 is 12.3. The molecule has 0 aromatic heterocycles. The van der Waals surface area contributed by atoms with Crippen LogP contribution in [0.25, 0.3) is 0 Å². The maximum absolute atomic E-state index is 6.57. The fourth-order valence-corrected chi connectivity index (χ4v) is 2.58. The lowest BCUT2D eigenvalue weighted by Gasteiger charge is -2.30. The molecule has 2 N–H and O–H groups in total. The first-order valence-corrected chi connectivity index (χ1v) is 6.63. The van der Waals surface area contributed by atoms with Crippen molar-refractivity contribution >= 4 is 23.2 Å². The molecule has 0 aliphatic heterocycles. The highest BCUT2D eigenvalue weighted by Gasteiger charge is 2.29. The van der Waals surface area contributed by atoms with E-state index in [-0.39, 0.29) is 0 Å². The predicted molar refractivity (Wildman–Crippen MR) is 78.2 cm³/mol. The fourth-order valence-electron chi connectivity index (χ4n) is 2.13. The summed E-state index contributed by atoms with van der Waals surface area (Å²) in [7, 11) is 0. The Bertz CT molecular complexity index is 539. The third kappa shape index (κ3) is 2.39. The number of rotatable bonds is 3. The lowest BCUT2D eigenvalue weighted by atomic mass is 9.81. The van der Waals surface area contributed by atoms with E-state index in [0.29, 0.717) is 10.0 Å². The Morgan fingerprint density at radius 3 is 2.33 bits per heavy atom.